The molecule has 2 aromatic heterocycles. The SMILES string of the molecule is C=C(C)/C=C(\N=NC)Nc1ccc2ncc(NC(=O)CCOC)cc2n1.CC. The average Bonchev–Trinajstić information content (AvgIpc) is 2.67. The van der Waals surface area contributed by atoms with Crippen LogP contribution in [0.3, 0.4) is 0 Å². The number of pyridine rings is 2. The van der Waals surface area contributed by atoms with Gasteiger partial charge in [0.25, 0.3) is 0 Å². The van der Waals surface area contributed by atoms with Gasteiger partial charge in [-0.1, -0.05) is 26.0 Å². The molecule has 0 saturated heterocycles. The van der Waals surface area contributed by atoms with Crippen molar-refractivity contribution in [2.45, 2.75) is 27.2 Å². The highest BCUT2D eigenvalue weighted by Crippen LogP contribution is 2.19. The van der Waals surface area contributed by atoms with Gasteiger partial charge < -0.3 is 15.4 Å². The van der Waals surface area contributed by atoms with Gasteiger partial charge in [-0.15, -0.1) is 5.11 Å². The Labute approximate surface area is 165 Å². The fourth-order valence-electron chi connectivity index (χ4n) is 2.13. The van der Waals surface area contributed by atoms with E-state index >= 15 is 0 Å². The Balaban J connectivity index is 0.00000190. The molecule has 0 radical (unpaired) electrons. The first-order chi connectivity index (χ1) is 13.5. The Hall–Kier alpha value is -3.13. The van der Waals surface area contributed by atoms with Crippen LogP contribution in [0.1, 0.15) is 27.2 Å². The molecule has 0 fully saturated rings. The van der Waals surface area contributed by atoms with E-state index < -0.39 is 0 Å². The molecule has 0 bridgehead atoms. The van der Waals surface area contributed by atoms with Crippen LogP contribution in [0, 0.1) is 0 Å². The number of anilines is 2. The molecule has 0 aliphatic carbocycles. The van der Waals surface area contributed by atoms with Gasteiger partial charge in [-0.3, -0.25) is 9.78 Å². The molecular weight excluding hydrogens is 356 g/mol. The van der Waals surface area contributed by atoms with E-state index in [-0.39, 0.29) is 12.3 Å². The van der Waals surface area contributed by atoms with Crippen molar-refractivity contribution in [1.29, 1.82) is 0 Å². The number of azo groups is 1. The number of carbonyl (C=O) groups excluding carboxylic acids is 1. The van der Waals surface area contributed by atoms with E-state index in [0.717, 1.165) is 5.57 Å². The summed E-state index contributed by atoms with van der Waals surface area (Å²) in [7, 11) is 3.14. The summed E-state index contributed by atoms with van der Waals surface area (Å²) in [6, 6.07) is 5.40. The second kappa shape index (κ2) is 12.3. The Morgan fingerprint density at radius 1 is 1.29 bits per heavy atom. The highest BCUT2D eigenvalue weighted by atomic mass is 16.5. The van der Waals surface area contributed by atoms with Crippen LogP contribution in [-0.4, -0.2) is 36.6 Å². The van der Waals surface area contributed by atoms with Crippen molar-refractivity contribution in [2.24, 2.45) is 10.2 Å². The van der Waals surface area contributed by atoms with Gasteiger partial charge in [0, 0.05) is 14.2 Å². The van der Waals surface area contributed by atoms with Gasteiger partial charge >= 0.3 is 0 Å². The Kier molecular flexibility index (Phi) is 10.1. The number of hydrogen-bond donors (Lipinski definition) is 2. The van der Waals surface area contributed by atoms with Gasteiger partial charge in [-0.25, -0.2) is 4.98 Å². The number of nitrogens with zero attached hydrogens (tertiary/aromatic N) is 4. The Morgan fingerprint density at radius 3 is 2.68 bits per heavy atom. The maximum absolute atomic E-state index is 11.8. The minimum Gasteiger partial charge on any atom is -0.384 e. The van der Waals surface area contributed by atoms with Crippen LogP contribution < -0.4 is 10.6 Å². The van der Waals surface area contributed by atoms with Gasteiger partial charge in [0.15, 0.2) is 5.82 Å². The monoisotopic (exact) mass is 384 g/mol. The molecule has 2 rings (SSSR count). The molecule has 1 amide bonds. The largest absolute Gasteiger partial charge is 0.384 e. The number of carbonyl (C=O) groups is 1. The minimum absolute atomic E-state index is 0.141. The van der Waals surface area contributed by atoms with Crippen molar-refractivity contribution in [2.75, 3.05) is 31.4 Å². The lowest BCUT2D eigenvalue weighted by atomic mass is 10.3. The molecular formula is C20H28N6O2. The molecule has 0 unspecified atom stereocenters. The minimum atomic E-state index is -0.141. The van der Waals surface area contributed by atoms with E-state index in [1.807, 2.05) is 26.8 Å². The Bertz CT molecular complexity index is 861. The summed E-state index contributed by atoms with van der Waals surface area (Å²) in [5, 5.41) is 13.7. The lowest BCUT2D eigenvalue weighted by molar-refractivity contribution is -0.117. The van der Waals surface area contributed by atoms with Crippen molar-refractivity contribution in [1.82, 2.24) is 9.97 Å². The van der Waals surface area contributed by atoms with E-state index in [4.69, 9.17) is 4.74 Å². The van der Waals surface area contributed by atoms with Gasteiger partial charge in [-0.2, -0.15) is 5.11 Å². The van der Waals surface area contributed by atoms with Crippen LogP contribution in [0.25, 0.3) is 11.0 Å². The third kappa shape index (κ3) is 7.63. The molecule has 0 aliphatic rings. The van der Waals surface area contributed by atoms with E-state index in [0.29, 0.717) is 35.0 Å². The fourth-order valence-corrected chi connectivity index (χ4v) is 2.13. The molecule has 0 aromatic carbocycles. The maximum Gasteiger partial charge on any atom is 0.226 e. The van der Waals surface area contributed by atoms with Crippen LogP contribution in [0.15, 0.2) is 58.7 Å². The molecule has 150 valence electrons. The van der Waals surface area contributed by atoms with E-state index in [9.17, 15) is 4.79 Å². The Morgan fingerprint density at radius 2 is 2.04 bits per heavy atom. The molecule has 0 spiro atoms. The first-order valence-corrected chi connectivity index (χ1v) is 9.01. The number of ether oxygens (including phenoxy) is 1. The molecule has 0 atom stereocenters. The van der Waals surface area contributed by atoms with Gasteiger partial charge in [0.05, 0.1) is 35.9 Å². The van der Waals surface area contributed by atoms with Crippen molar-refractivity contribution in [3.8, 4) is 0 Å². The van der Waals surface area contributed by atoms with Crippen molar-refractivity contribution in [3.05, 3.63) is 48.4 Å². The van der Waals surface area contributed by atoms with E-state index in [1.165, 1.54) is 0 Å². The second-order valence-corrected chi connectivity index (χ2v) is 5.55. The number of allylic oxidation sites excluding steroid dienone is 2. The van der Waals surface area contributed by atoms with Crippen LogP contribution in [0.4, 0.5) is 11.5 Å². The zero-order chi connectivity index (χ0) is 20.9. The molecule has 0 aliphatic heterocycles. The van der Waals surface area contributed by atoms with Crippen molar-refractivity contribution >= 4 is 28.4 Å². The van der Waals surface area contributed by atoms with Crippen LogP contribution in [-0.2, 0) is 9.53 Å². The van der Waals surface area contributed by atoms with Crippen molar-refractivity contribution in [3.63, 3.8) is 0 Å². The van der Waals surface area contributed by atoms with Crippen LogP contribution in [0.5, 0.6) is 0 Å². The molecule has 2 N–H and O–H groups in total. The molecule has 8 heteroatoms. The van der Waals surface area contributed by atoms with Gasteiger partial charge in [0.1, 0.15) is 5.82 Å². The first kappa shape index (κ1) is 22.9. The van der Waals surface area contributed by atoms with Crippen molar-refractivity contribution < 1.29 is 9.53 Å². The number of rotatable bonds is 8. The highest BCUT2D eigenvalue weighted by molar-refractivity contribution is 5.92. The second-order valence-electron chi connectivity index (χ2n) is 5.55. The molecule has 28 heavy (non-hydrogen) atoms. The summed E-state index contributed by atoms with van der Waals surface area (Å²) in [6.45, 7) is 10.1. The van der Waals surface area contributed by atoms with Crippen LogP contribution in [0.2, 0.25) is 0 Å². The first-order valence-electron chi connectivity index (χ1n) is 9.01. The number of methoxy groups -OCH3 is 1. The molecule has 2 heterocycles. The predicted molar refractivity (Wildman–Crippen MR) is 113 cm³/mol. The number of nitrogens with one attached hydrogen (secondary N) is 2. The van der Waals surface area contributed by atoms with Crippen LogP contribution >= 0.6 is 0 Å². The summed E-state index contributed by atoms with van der Waals surface area (Å²) in [4.78, 5) is 20.6. The summed E-state index contributed by atoms with van der Waals surface area (Å²) in [5.41, 5.74) is 2.77. The fraction of sp³-hybridized carbons (Fsp3) is 0.350. The van der Waals surface area contributed by atoms with Gasteiger partial charge in [0.2, 0.25) is 5.91 Å². The lowest BCUT2D eigenvalue weighted by Gasteiger charge is -2.08. The number of amides is 1. The number of fused-ring (bicyclic) bond motifs is 1. The van der Waals surface area contributed by atoms with Gasteiger partial charge in [-0.05, 0) is 31.2 Å². The highest BCUT2D eigenvalue weighted by Gasteiger charge is 2.06. The quantitative estimate of drug-likeness (QED) is 0.514. The lowest BCUT2D eigenvalue weighted by Crippen LogP contribution is -2.13. The van der Waals surface area contributed by atoms with E-state index in [2.05, 4.69) is 37.4 Å². The zero-order valence-corrected chi connectivity index (χ0v) is 17.1. The summed E-state index contributed by atoms with van der Waals surface area (Å²) >= 11 is 0. The molecule has 0 saturated carbocycles. The zero-order valence-electron chi connectivity index (χ0n) is 17.1. The smallest absolute Gasteiger partial charge is 0.226 e. The summed E-state index contributed by atoms with van der Waals surface area (Å²) < 4.78 is 4.90. The summed E-state index contributed by atoms with van der Waals surface area (Å²) in [6.07, 6.45) is 3.64. The maximum atomic E-state index is 11.8. The van der Waals surface area contributed by atoms with E-state index in [1.54, 1.807) is 38.6 Å². The number of hydrogen-bond acceptors (Lipinski definition) is 7. The topological polar surface area (TPSA) is 101 Å². The molecule has 8 nitrogen and oxygen atoms in total. The predicted octanol–water partition coefficient (Wildman–Crippen LogP) is 4.54. The number of aromatic nitrogens is 2. The summed E-state index contributed by atoms with van der Waals surface area (Å²) in [5.74, 6) is 0.975. The molecule has 2 aromatic rings. The normalized spacial score (nSPS) is 11.1. The average molecular weight is 384 g/mol. The third-order valence-corrected chi connectivity index (χ3v) is 3.20. The third-order valence-electron chi connectivity index (χ3n) is 3.20. The standard InChI is InChI=1S/C18H22N6O2.C2H6/c1-12(2)9-17(24-19-3)23-16-6-5-14-15(22-16)10-13(11-20-14)21-18(25)7-8-26-4;1-2/h5-6,9-11H,1,7-8H2,2-4H3,(H,21,25)(H,22,23);1-2H3/b17-9-,24-19?;.